The number of nitrogens with zero attached hydrogens (tertiary/aromatic N) is 2. The molecule has 0 bridgehead atoms. The van der Waals surface area contributed by atoms with Crippen LogP contribution in [-0.2, 0) is 14.9 Å². The van der Waals surface area contributed by atoms with Gasteiger partial charge in [0.15, 0.2) is 6.29 Å². The lowest BCUT2D eigenvalue weighted by Crippen LogP contribution is -2.38. The van der Waals surface area contributed by atoms with Crippen LogP contribution in [-0.4, -0.2) is 43.5 Å². The fraction of sp³-hybridized carbons (Fsp3) is 0.750. The second kappa shape index (κ2) is 10.6. The Balaban J connectivity index is 1.60. The van der Waals surface area contributed by atoms with E-state index in [1.54, 1.807) is 0 Å². The molecule has 1 aromatic rings. The Morgan fingerprint density at radius 3 is 2.45 bits per heavy atom. The molecule has 2 atom stereocenters. The summed E-state index contributed by atoms with van der Waals surface area (Å²) in [6, 6.07) is 9.48. The van der Waals surface area contributed by atoms with Gasteiger partial charge >= 0.3 is 0 Å². The smallest absolute Gasteiger partial charge is 0.157 e. The molecule has 0 N–H and O–H groups in total. The van der Waals surface area contributed by atoms with Gasteiger partial charge in [0.25, 0.3) is 0 Å². The molecule has 0 saturated carbocycles. The van der Waals surface area contributed by atoms with Crippen LogP contribution in [0.15, 0.2) is 29.4 Å². The van der Waals surface area contributed by atoms with Crippen LogP contribution >= 0.6 is 0 Å². The van der Waals surface area contributed by atoms with Gasteiger partial charge in [-0.25, -0.2) is 0 Å². The number of benzene rings is 1. The first-order valence-corrected chi connectivity index (χ1v) is 11.4. The first-order chi connectivity index (χ1) is 14.0. The predicted octanol–water partition coefficient (Wildman–Crippen LogP) is 5.58. The van der Waals surface area contributed by atoms with E-state index < -0.39 is 0 Å². The maximum atomic E-state index is 10.9. The van der Waals surface area contributed by atoms with Crippen molar-refractivity contribution >= 4 is 0 Å². The number of rotatable bonds is 8. The average molecular weight is 403 g/mol. The Hall–Kier alpha value is -1.30. The molecule has 29 heavy (non-hydrogen) atoms. The van der Waals surface area contributed by atoms with Crippen molar-refractivity contribution < 1.29 is 9.47 Å². The lowest BCUT2D eigenvalue weighted by molar-refractivity contribution is -0.163. The highest BCUT2D eigenvalue weighted by Crippen LogP contribution is 2.31. The fourth-order valence-electron chi connectivity index (χ4n) is 4.40. The van der Waals surface area contributed by atoms with Crippen LogP contribution in [0.1, 0.15) is 82.9 Å². The van der Waals surface area contributed by atoms with Gasteiger partial charge in [0, 0.05) is 32.3 Å². The van der Waals surface area contributed by atoms with Crippen LogP contribution in [0.3, 0.4) is 0 Å². The molecule has 5 nitrogen and oxygen atoms in total. The summed E-state index contributed by atoms with van der Waals surface area (Å²) < 4.78 is 11.6. The van der Waals surface area contributed by atoms with Crippen LogP contribution in [0, 0.1) is 4.91 Å². The van der Waals surface area contributed by atoms with Crippen molar-refractivity contribution in [1.82, 2.24) is 4.90 Å². The van der Waals surface area contributed by atoms with E-state index in [1.807, 2.05) is 0 Å². The standard InChI is InChI=1S/C24H38N2O3/c1-24(2,3)20-11-9-19(10-12-20)22(26-15-13-21(25-27)14-16-26)7-6-18-29-23-8-4-5-17-28-23/h9-12,21-23H,4-8,13-18H2,1-3H3. The van der Waals surface area contributed by atoms with E-state index in [0.29, 0.717) is 6.04 Å². The van der Waals surface area contributed by atoms with E-state index in [4.69, 9.17) is 9.47 Å². The zero-order valence-electron chi connectivity index (χ0n) is 18.4. The number of piperidine rings is 1. The molecule has 0 amide bonds. The van der Waals surface area contributed by atoms with E-state index in [9.17, 15) is 4.91 Å². The average Bonchev–Trinajstić information content (AvgIpc) is 2.74. The minimum absolute atomic E-state index is 0.0114. The van der Waals surface area contributed by atoms with Gasteiger partial charge in [-0.3, -0.25) is 4.90 Å². The molecule has 0 aliphatic carbocycles. The Kier molecular flexibility index (Phi) is 8.22. The minimum atomic E-state index is -0.0121. The molecule has 2 aliphatic heterocycles. The maximum absolute atomic E-state index is 10.9. The normalized spacial score (nSPS) is 23.1. The molecule has 0 aromatic heterocycles. The highest BCUT2D eigenvalue weighted by atomic mass is 16.7. The lowest BCUT2D eigenvalue weighted by Gasteiger charge is -2.36. The predicted molar refractivity (Wildman–Crippen MR) is 117 cm³/mol. The van der Waals surface area contributed by atoms with Gasteiger partial charge in [0.1, 0.15) is 0 Å². The summed E-state index contributed by atoms with van der Waals surface area (Å²) >= 11 is 0. The lowest BCUT2D eigenvalue weighted by atomic mass is 9.85. The summed E-state index contributed by atoms with van der Waals surface area (Å²) in [7, 11) is 0. The van der Waals surface area contributed by atoms with Crippen molar-refractivity contribution in [1.29, 1.82) is 0 Å². The third-order valence-corrected chi connectivity index (χ3v) is 6.31. The highest BCUT2D eigenvalue weighted by molar-refractivity contribution is 5.29. The number of hydrogen-bond donors (Lipinski definition) is 0. The molecule has 5 heteroatoms. The molecule has 1 aromatic carbocycles. The van der Waals surface area contributed by atoms with E-state index in [-0.39, 0.29) is 17.7 Å². The summed E-state index contributed by atoms with van der Waals surface area (Å²) in [6.45, 7) is 10.2. The Bertz CT molecular complexity index is 612. The highest BCUT2D eigenvalue weighted by Gasteiger charge is 2.27. The Morgan fingerprint density at radius 1 is 1.14 bits per heavy atom. The van der Waals surface area contributed by atoms with Gasteiger partial charge in [0.2, 0.25) is 0 Å². The van der Waals surface area contributed by atoms with Crippen LogP contribution in [0.5, 0.6) is 0 Å². The van der Waals surface area contributed by atoms with Gasteiger partial charge in [-0.05, 0) is 61.5 Å². The second-order valence-electron chi connectivity index (χ2n) is 9.57. The number of likely N-dealkylation sites (tertiary alicyclic amines) is 1. The summed E-state index contributed by atoms with van der Waals surface area (Å²) in [5.41, 5.74) is 2.89. The van der Waals surface area contributed by atoms with Crippen LogP contribution in [0.4, 0.5) is 0 Å². The number of hydrogen-bond acceptors (Lipinski definition) is 5. The van der Waals surface area contributed by atoms with E-state index >= 15 is 0 Å². The minimum Gasteiger partial charge on any atom is -0.353 e. The zero-order chi connectivity index (χ0) is 20.7. The largest absolute Gasteiger partial charge is 0.353 e. The third-order valence-electron chi connectivity index (χ3n) is 6.31. The second-order valence-corrected chi connectivity index (χ2v) is 9.57. The molecular weight excluding hydrogens is 364 g/mol. The zero-order valence-corrected chi connectivity index (χ0v) is 18.4. The van der Waals surface area contributed by atoms with Gasteiger partial charge in [-0.1, -0.05) is 50.2 Å². The van der Waals surface area contributed by atoms with Crippen LogP contribution in [0.2, 0.25) is 0 Å². The summed E-state index contributed by atoms with van der Waals surface area (Å²) in [5, 5.41) is 3.27. The quantitative estimate of drug-likeness (QED) is 0.421. The summed E-state index contributed by atoms with van der Waals surface area (Å²) in [5.74, 6) is 0. The van der Waals surface area contributed by atoms with Crippen LogP contribution in [0.25, 0.3) is 0 Å². The molecule has 2 fully saturated rings. The molecule has 2 unspecified atom stereocenters. The molecule has 2 heterocycles. The van der Waals surface area contributed by atoms with Crippen molar-refractivity contribution in [3.05, 3.63) is 40.3 Å². The molecule has 2 aliphatic rings. The van der Waals surface area contributed by atoms with Crippen LogP contribution < -0.4 is 0 Å². The summed E-state index contributed by atoms with van der Waals surface area (Å²) in [4.78, 5) is 13.4. The molecule has 3 rings (SSSR count). The monoisotopic (exact) mass is 402 g/mol. The van der Waals surface area contributed by atoms with Gasteiger partial charge in [0.05, 0.1) is 6.04 Å². The topological polar surface area (TPSA) is 51.1 Å². The molecule has 162 valence electrons. The Labute approximate surface area is 176 Å². The van der Waals surface area contributed by atoms with E-state index in [2.05, 4.69) is 55.1 Å². The Morgan fingerprint density at radius 2 is 1.86 bits per heavy atom. The number of ether oxygens (including phenoxy) is 2. The maximum Gasteiger partial charge on any atom is 0.157 e. The third kappa shape index (κ3) is 6.59. The van der Waals surface area contributed by atoms with Crippen molar-refractivity contribution in [3.8, 4) is 0 Å². The molecule has 0 radical (unpaired) electrons. The van der Waals surface area contributed by atoms with Crippen molar-refractivity contribution in [3.63, 3.8) is 0 Å². The molecule has 0 spiro atoms. The first-order valence-electron chi connectivity index (χ1n) is 11.4. The fourth-order valence-corrected chi connectivity index (χ4v) is 4.40. The van der Waals surface area contributed by atoms with Crippen molar-refractivity contribution in [2.24, 2.45) is 5.18 Å². The van der Waals surface area contributed by atoms with Gasteiger partial charge in [-0.15, -0.1) is 0 Å². The molecule has 2 saturated heterocycles. The SMILES string of the molecule is CC(C)(C)c1ccc(C(CCCOC2CCCCO2)N2CCC(N=O)CC2)cc1. The first kappa shape index (κ1) is 22.4. The van der Waals surface area contributed by atoms with E-state index in [1.165, 1.54) is 17.5 Å². The van der Waals surface area contributed by atoms with Gasteiger partial charge < -0.3 is 9.47 Å². The van der Waals surface area contributed by atoms with Crippen molar-refractivity contribution in [2.45, 2.75) is 89.5 Å². The van der Waals surface area contributed by atoms with Gasteiger partial charge in [-0.2, -0.15) is 4.91 Å². The number of nitroso groups, excluding NO2 is 1. The summed E-state index contributed by atoms with van der Waals surface area (Å²) in [6.07, 6.45) is 7.16. The molecular formula is C24H38N2O3. The van der Waals surface area contributed by atoms with E-state index in [0.717, 1.165) is 64.8 Å². The van der Waals surface area contributed by atoms with Crippen molar-refractivity contribution in [2.75, 3.05) is 26.3 Å².